The van der Waals surface area contributed by atoms with E-state index in [1.807, 2.05) is 0 Å². The lowest BCUT2D eigenvalue weighted by Crippen LogP contribution is -2.26. The zero-order valence-electron chi connectivity index (χ0n) is 12.0. The molecule has 1 aromatic carbocycles. The molecule has 21 heavy (non-hydrogen) atoms. The summed E-state index contributed by atoms with van der Waals surface area (Å²) in [7, 11) is 0. The van der Waals surface area contributed by atoms with E-state index in [4.69, 9.17) is 5.26 Å². The van der Waals surface area contributed by atoms with Gasteiger partial charge in [-0.15, -0.1) is 0 Å². The highest BCUT2D eigenvalue weighted by molar-refractivity contribution is 5.54. The van der Waals surface area contributed by atoms with E-state index in [2.05, 4.69) is 12.2 Å². The molecule has 0 unspecified atom stereocenters. The van der Waals surface area contributed by atoms with Crippen molar-refractivity contribution in [1.82, 2.24) is 0 Å². The van der Waals surface area contributed by atoms with E-state index in [1.54, 1.807) is 6.07 Å². The predicted octanol–water partition coefficient (Wildman–Crippen LogP) is 4.96. The highest BCUT2D eigenvalue weighted by Crippen LogP contribution is 2.34. The van der Waals surface area contributed by atoms with Crippen molar-refractivity contribution in [3.8, 4) is 6.07 Å². The van der Waals surface area contributed by atoms with Crippen LogP contribution < -0.4 is 5.32 Å². The molecule has 1 aromatic rings. The minimum Gasteiger partial charge on any atom is -0.382 e. The van der Waals surface area contributed by atoms with Gasteiger partial charge in [-0.1, -0.05) is 13.3 Å². The molecule has 0 bridgehead atoms. The topological polar surface area (TPSA) is 35.8 Å². The van der Waals surface area contributed by atoms with E-state index in [0.717, 1.165) is 37.7 Å². The number of rotatable bonds is 3. The Hall–Kier alpha value is -1.70. The van der Waals surface area contributed by atoms with Gasteiger partial charge in [0.1, 0.15) is 0 Å². The zero-order valence-corrected chi connectivity index (χ0v) is 12.0. The van der Waals surface area contributed by atoms with E-state index in [-0.39, 0.29) is 11.6 Å². The number of nitrogens with zero attached hydrogens (tertiary/aromatic N) is 1. The molecular formula is C16H19F3N2. The number of nitrogens with one attached hydrogen (secondary N) is 1. The summed E-state index contributed by atoms with van der Waals surface area (Å²) in [5.41, 5.74) is -0.598. The Bertz CT molecular complexity index is 523. The van der Waals surface area contributed by atoms with Crippen molar-refractivity contribution in [1.29, 1.82) is 5.26 Å². The van der Waals surface area contributed by atoms with E-state index >= 15 is 0 Å². The van der Waals surface area contributed by atoms with Crippen LogP contribution in [-0.2, 0) is 6.18 Å². The van der Waals surface area contributed by atoms with Crippen LogP contribution in [-0.4, -0.2) is 6.04 Å². The molecule has 0 saturated heterocycles. The van der Waals surface area contributed by atoms with Crippen LogP contribution in [0.4, 0.5) is 18.9 Å². The summed E-state index contributed by atoms with van der Waals surface area (Å²) in [4.78, 5) is 0. The summed E-state index contributed by atoms with van der Waals surface area (Å²) in [5, 5.41) is 12.2. The monoisotopic (exact) mass is 296 g/mol. The van der Waals surface area contributed by atoms with Crippen molar-refractivity contribution in [3.05, 3.63) is 29.3 Å². The van der Waals surface area contributed by atoms with Gasteiger partial charge in [0.25, 0.3) is 0 Å². The van der Waals surface area contributed by atoms with Crippen LogP contribution >= 0.6 is 0 Å². The molecule has 1 aliphatic carbocycles. The second-order valence-corrected chi connectivity index (χ2v) is 5.64. The molecule has 114 valence electrons. The zero-order chi connectivity index (χ0) is 15.5. The Labute approximate surface area is 123 Å². The second-order valence-electron chi connectivity index (χ2n) is 5.64. The van der Waals surface area contributed by atoms with Crippen molar-refractivity contribution in [2.24, 2.45) is 5.92 Å². The minimum atomic E-state index is -4.48. The number of hydrogen-bond donors (Lipinski definition) is 1. The molecule has 0 spiro atoms. The van der Waals surface area contributed by atoms with Crippen molar-refractivity contribution in [3.63, 3.8) is 0 Å². The summed E-state index contributed by atoms with van der Waals surface area (Å²) < 4.78 is 38.2. The molecule has 0 aliphatic heterocycles. The fraction of sp³-hybridized carbons (Fsp3) is 0.562. The molecule has 0 heterocycles. The molecule has 0 aromatic heterocycles. The summed E-state index contributed by atoms with van der Waals surface area (Å²) in [5.74, 6) is 0.769. The average molecular weight is 296 g/mol. The average Bonchev–Trinajstić information content (AvgIpc) is 2.46. The van der Waals surface area contributed by atoms with Crippen molar-refractivity contribution >= 4 is 5.69 Å². The van der Waals surface area contributed by atoms with Gasteiger partial charge < -0.3 is 5.32 Å². The lowest BCUT2D eigenvalue weighted by atomic mass is 9.84. The van der Waals surface area contributed by atoms with E-state index in [9.17, 15) is 13.2 Å². The van der Waals surface area contributed by atoms with Crippen LogP contribution in [0, 0.1) is 17.2 Å². The lowest BCUT2D eigenvalue weighted by Gasteiger charge is -2.29. The Balaban J connectivity index is 2.07. The highest BCUT2D eigenvalue weighted by Gasteiger charge is 2.33. The first-order valence-corrected chi connectivity index (χ1v) is 7.32. The van der Waals surface area contributed by atoms with Gasteiger partial charge in [0.2, 0.25) is 0 Å². The van der Waals surface area contributed by atoms with Gasteiger partial charge in [0.05, 0.1) is 17.2 Å². The number of halogens is 3. The summed E-state index contributed by atoms with van der Waals surface area (Å²) in [6.07, 6.45) is 1.07. The van der Waals surface area contributed by atoms with Gasteiger partial charge in [-0.05, 0) is 49.8 Å². The number of hydrogen-bond acceptors (Lipinski definition) is 2. The molecule has 5 heteroatoms. The molecule has 1 saturated carbocycles. The Kier molecular flexibility index (Phi) is 4.76. The fourth-order valence-electron chi connectivity index (χ4n) is 2.92. The highest BCUT2D eigenvalue weighted by atomic mass is 19.4. The van der Waals surface area contributed by atoms with Gasteiger partial charge in [-0.2, -0.15) is 18.4 Å². The third-order valence-corrected chi connectivity index (χ3v) is 4.24. The lowest BCUT2D eigenvalue weighted by molar-refractivity contribution is -0.137. The Morgan fingerprint density at radius 1 is 1.24 bits per heavy atom. The summed E-state index contributed by atoms with van der Waals surface area (Å²) >= 11 is 0. The summed E-state index contributed by atoms with van der Waals surface area (Å²) in [6.45, 7) is 2.19. The predicted molar refractivity (Wildman–Crippen MR) is 75.8 cm³/mol. The van der Waals surface area contributed by atoms with Gasteiger partial charge >= 0.3 is 6.18 Å². The van der Waals surface area contributed by atoms with Crippen LogP contribution in [0.5, 0.6) is 0 Å². The molecule has 1 N–H and O–H groups in total. The van der Waals surface area contributed by atoms with Gasteiger partial charge in [-0.25, -0.2) is 0 Å². The minimum absolute atomic E-state index is 0.288. The molecule has 0 radical (unpaired) electrons. The van der Waals surface area contributed by atoms with Gasteiger partial charge in [0, 0.05) is 11.7 Å². The maximum atomic E-state index is 12.7. The molecular weight excluding hydrogens is 277 g/mol. The maximum absolute atomic E-state index is 12.7. The van der Waals surface area contributed by atoms with E-state index < -0.39 is 11.7 Å². The number of alkyl halides is 3. The molecule has 1 fully saturated rings. The number of benzene rings is 1. The molecule has 0 atom stereocenters. The maximum Gasteiger partial charge on any atom is 0.417 e. The molecule has 2 rings (SSSR count). The normalized spacial score (nSPS) is 22.6. The SMILES string of the molecule is CCC1CCC(Nc2ccc(C(F)(F)F)c(C#N)c2)CC1. The van der Waals surface area contributed by atoms with Crippen LogP contribution in [0.25, 0.3) is 0 Å². The number of nitriles is 1. The van der Waals surface area contributed by atoms with Crippen molar-refractivity contribution in [2.75, 3.05) is 5.32 Å². The third kappa shape index (κ3) is 3.90. The Morgan fingerprint density at radius 2 is 1.90 bits per heavy atom. The fourth-order valence-corrected chi connectivity index (χ4v) is 2.92. The first-order valence-electron chi connectivity index (χ1n) is 7.32. The summed E-state index contributed by atoms with van der Waals surface area (Å²) in [6, 6.07) is 5.62. The van der Waals surface area contributed by atoms with Gasteiger partial charge in [0.15, 0.2) is 0 Å². The quantitative estimate of drug-likeness (QED) is 0.856. The van der Waals surface area contributed by atoms with Crippen molar-refractivity contribution in [2.45, 2.75) is 51.2 Å². The first-order chi connectivity index (χ1) is 9.94. The first kappa shape index (κ1) is 15.7. The van der Waals surface area contributed by atoms with Crippen LogP contribution in [0.2, 0.25) is 0 Å². The van der Waals surface area contributed by atoms with E-state index in [0.29, 0.717) is 5.69 Å². The largest absolute Gasteiger partial charge is 0.417 e. The standard InChI is InChI=1S/C16H19F3N2/c1-2-11-3-5-13(6-4-11)21-14-7-8-15(16(17,18)19)12(9-14)10-20/h7-9,11,13,21H,2-6H2,1H3. The van der Waals surface area contributed by atoms with E-state index in [1.165, 1.54) is 18.6 Å². The van der Waals surface area contributed by atoms with Crippen LogP contribution in [0.15, 0.2) is 18.2 Å². The second kappa shape index (κ2) is 6.38. The van der Waals surface area contributed by atoms with Gasteiger partial charge in [-0.3, -0.25) is 0 Å². The molecule has 1 aliphatic rings. The smallest absolute Gasteiger partial charge is 0.382 e. The number of anilines is 1. The van der Waals surface area contributed by atoms with Crippen LogP contribution in [0.3, 0.4) is 0 Å². The molecule has 2 nitrogen and oxygen atoms in total. The Morgan fingerprint density at radius 3 is 2.43 bits per heavy atom. The van der Waals surface area contributed by atoms with Crippen molar-refractivity contribution < 1.29 is 13.2 Å². The third-order valence-electron chi connectivity index (χ3n) is 4.24. The molecule has 0 amide bonds. The van der Waals surface area contributed by atoms with Crippen LogP contribution in [0.1, 0.15) is 50.2 Å².